The van der Waals surface area contributed by atoms with Gasteiger partial charge in [-0.2, -0.15) is 0 Å². The summed E-state index contributed by atoms with van der Waals surface area (Å²) in [5, 5.41) is 0. The average Bonchev–Trinajstić information content (AvgIpc) is 2.36. The van der Waals surface area contributed by atoms with Gasteiger partial charge in [-0.1, -0.05) is 32.0 Å². The number of methoxy groups -OCH3 is 1. The van der Waals surface area contributed by atoms with Gasteiger partial charge in [0.15, 0.2) is 0 Å². The minimum Gasteiger partial charge on any atom is -0.383 e. The zero-order valence-corrected chi connectivity index (χ0v) is 13.2. The number of hydrogen-bond donors (Lipinski definition) is 1. The maximum absolute atomic E-state index is 12.7. The maximum Gasteiger partial charge on any atom is 0.241 e. The minimum absolute atomic E-state index is 0.169. The van der Waals surface area contributed by atoms with Crippen LogP contribution in [0.3, 0.4) is 0 Å². The molecular weight excluding hydrogens is 274 g/mol. The third-order valence-electron chi connectivity index (χ3n) is 3.91. The van der Waals surface area contributed by atoms with Crippen LogP contribution in [0.1, 0.15) is 44.6 Å². The van der Waals surface area contributed by atoms with Crippen molar-refractivity contribution in [3.8, 4) is 0 Å². The zero-order valence-electron chi connectivity index (χ0n) is 12.3. The SMILES string of the molecule is COCC1(NS(=O)(=O)c2ccccc2C(C)C)CCC1. The number of hydrogen-bond acceptors (Lipinski definition) is 3. The zero-order chi connectivity index (χ0) is 14.8. The first-order chi connectivity index (χ1) is 9.40. The van der Waals surface area contributed by atoms with Crippen molar-refractivity contribution in [1.82, 2.24) is 4.72 Å². The molecule has 20 heavy (non-hydrogen) atoms. The number of benzene rings is 1. The van der Waals surface area contributed by atoms with Crippen LogP contribution in [0.25, 0.3) is 0 Å². The highest BCUT2D eigenvalue weighted by atomic mass is 32.2. The quantitative estimate of drug-likeness (QED) is 0.878. The van der Waals surface area contributed by atoms with Crippen LogP contribution in [0, 0.1) is 0 Å². The van der Waals surface area contributed by atoms with Gasteiger partial charge >= 0.3 is 0 Å². The van der Waals surface area contributed by atoms with Crippen molar-refractivity contribution >= 4 is 10.0 Å². The molecule has 0 amide bonds. The lowest BCUT2D eigenvalue weighted by Crippen LogP contribution is -2.56. The van der Waals surface area contributed by atoms with E-state index in [0.717, 1.165) is 24.8 Å². The molecule has 1 aliphatic rings. The molecule has 0 spiro atoms. The summed E-state index contributed by atoms with van der Waals surface area (Å²) in [5.41, 5.74) is 0.435. The van der Waals surface area contributed by atoms with Crippen molar-refractivity contribution in [1.29, 1.82) is 0 Å². The molecule has 0 radical (unpaired) electrons. The van der Waals surface area contributed by atoms with Crippen molar-refractivity contribution in [2.24, 2.45) is 0 Å². The molecule has 0 heterocycles. The number of sulfonamides is 1. The van der Waals surface area contributed by atoms with Crippen LogP contribution in [0.4, 0.5) is 0 Å². The van der Waals surface area contributed by atoms with Crippen molar-refractivity contribution in [2.45, 2.75) is 49.5 Å². The maximum atomic E-state index is 12.7. The van der Waals surface area contributed by atoms with E-state index in [1.807, 2.05) is 26.0 Å². The van der Waals surface area contributed by atoms with Gasteiger partial charge in [0.2, 0.25) is 10.0 Å². The van der Waals surface area contributed by atoms with Crippen molar-refractivity contribution in [3.05, 3.63) is 29.8 Å². The minimum atomic E-state index is -3.51. The Bertz CT molecular complexity index is 562. The van der Waals surface area contributed by atoms with Gasteiger partial charge in [-0.05, 0) is 36.8 Å². The van der Waals surface area contributed by atoms with Crippen LogP contribution >= 0.6 is 0 Å². The third-order valence-corrected chi connectivity index (χ3v) is 5.57. The van der Waals surface area contributed by atoms with E-state index in [0.29, 0.717) is 11.5 Å². The highest BCUT2D eigenvalue weighted by Crippen LogP contribution is 2.34. The molecule has 0 saturated heterocycles. The molecule has 112 valence electrons. The monoisotopic (exact) mass is 297 g/mol. The van der Waals surface area contributed by atoms with E-state index in [1.54, 1.807) is 19.2 Å². The number of nitrogens with one attached hydrogen (secondary N) is 1. The van der Waals surface area contributed by atoms with Gasteiger partial charge in [0.25, 0.3) is 0 Å². The second-order valence-electron chi connectivity index (χ2n) is 5.86. The lowest BCUT2D eigenvalue weighted by Gasteiger charge is -2.41. The molecule has 1 aromatic rings. The molecule has 1 aromatic carbocycles. The van der Waals surface area contributed by atoms with Crippen molar-refractivity contribution in [2.75, 3.05) is 13.7 Å². The van der Waals surface area contributed by atoms with Gasteiger partial charge < -0.3 is 4.74 Å². The predicted octanol–water partition coefficient (Wildman–Crippen LogP) is 2.66. The van der Waals surface area contributed by atoms with E-state index in [-0.39, 0.29) is 5.92 Å². The van der Waals surface area contributed by atoms with Crippen molar-refractivity contribution < 1.29 is 13.2 Å². The largest absolute Gasteiger partial charge is 0.383 e. The second-order valence-corrected chi connectivity index (χ2v) is 7.52. The fourth-order valence-corrected chi connectivity index (χ4v) is 4.51. The molecule has 1 N–H and O–H groups in total. The van der Waals surface area contributed by atoms with Crippen LogP contribution in [-0.4, -0.2) is 27.7 Å². The van der Waals surface area contributed by atoms with Gasteiger partial charge in [-0.3, -0.25) is 0 Å². The molecule has 0 atom stereocenters. The van der Waals surface area contributed by atoms with E-state index in [1.165, 1.54) is 0 Å². The molecule has 1 fully saturated rings. The molecule has 0 bridgehead atoms. The summed E-state index contributed by atoms with van der Waals surface area (Å²) in [5.74, 6) is 0.169. The molecule has 4 nitrogen and oxygen atoms in total. The molecule has 0 aliphatic heterocycles. The lowest BCUT2D eigenvalue weighted by molar-refractivity contribution is 0.0729. The average molecular weight is 297 g/mol. The first-order valence-corrected chi connectivity index (χ1v) is 8.50. The van der Waals surface area contributed by atoms with Gasteiger partial charge in [-0.15, -0.1) is 0 Å². The Kier molecular flexibility index (Phi) is 4.52. The predicted molar refractivity (Wildman–Crippen MR) is 79.3 cm³/mol. The van der Waals surface area contributed by atoms with Crippen LogP contribution in [0.2, 0.25) is 0 Å². The van der Waals surface area contributed by atoms with Crippen LogP contribution in [0.15, 0.2) is 29.2 Å². The van der Waals surface area contributed by atoms with Gasteiger partial charge in [-0.25, -0.2) is 13.1 Å². The molecular formula is C15H23NO3S. The summed E-state index contributed by atoms with van der Waals surface area (Å²) < 4.78 is 33.4. The molecule has 2 rings (SSSR count). The molecule has 1 saturated carbocycles. The summed E-state index contributed by atoms with van der Waals surface area (Å²) >= 11 is 0. The Labute approximate surface area is 121 Å². The third kappa shape index (κ3) is 3.05. The standard InChI is InChI=1S/C15H23NO3S/c1-12(2)13-7-4-5-8-14(13)20(17,18)16-15(11-19-3)9-6-10-15/h4-5,7-8,12,16H,6,9-11H2,1-3H3. The molecule has 1 aliphatic carbocycles. The van der Waals surface area contributed by atoms with E-state index in [4.69, 9.17) is 4.74 Å². The number of ether oxygens (including phenoxy) is 1. The topological polar surface area (TPSA) is 55.4 Å². The first-order valence-electron chi connectivity index (χ1n) is 7.02. The fraction of sp³-hybridized carbons (Fsp3) is 0.600. The number of rotatable bonds is 6. The highest BCUT2D eigenvalue weighted by Gasteiger charge is 2.41. The molecule has 5 heteroatoms. The van der Waals surface area contributed by atoms with E-state index in [9.17, 15) is 8.42 Å². The fourth-order valence-electron chi connectivity index (χ4n) is 2.70. The van der Waals surface area contributed by atoms with Gasteiger partial charge in [0.05, 0.1) is 17.0 Å². The first kappa shape index (κ1) is 15.5. The highest BCUT2D eigenvalue weighted by molar-refractivity contribution is 7.89. The second kappa shape index (κ2) is 5.84. The Morgan fingerprint density at radius 3 is 2.45 bits per heavy atom. The van der Waals surface area contributed by atoms with Gasteiger partial charge in [0.1, 0.15) is 0 Å². The summed E-state index contributed by atoms with van der Waals surface area (Å²) in [6.45, 7) is 4.43. The van der Waals surface area contributed by atoms with E-state index >= 15 is 0 Å². The summed E-state index contributed by atoms with van der Waals surface area (Å²) in [4.78, 5) is 0.386. The molecule has 0 unspecified atom stereocenters. The van der Waals surface area contributed by atoms with Gasteiger partial charge in [0, 0.05) is 7.11 Å². The van der Waals surface area contributed by atoms with E-state index < -0.39 is 15.6 Å². The summed E-state index contributed by atoms with van der Waals surface area (Å²) in [6, 6.07) is 7.20. The Hall–Kier alpha value is -0.910. The summed E-state index contributed by atoms with van der Waals surface area (Å²) in [7, 11) is -1.90. The van der Waals surface area contributed by atoms with Crippen LogP contribution in [-0.2, 0) is 14.8 Å². The smallest absolute Gasteiger partial charge is 0.241 e. The van der Waals surface area contributed by atoms with Crippen LogP contribution in [0.5, 0.6) is 0 Å². The summed E-state index contributed by atoms with van der Waals surface area (Å²) in [6.07, 6.45) is 2.71. The normalized spacial score (nSPS) is 18.0. The molecule has 0 aromatic heterocycles. The lowest BCUT2D eigenvalue weighted by atomic mass is 9.78. The van der Waals surface area contributed by atoms with Crippen LogP contribution < -0.4 is 4.72 Å². The Balaban J connectivity index is 2.31. The Morgan fingerprint density at radius 1 is 1.30 bits per heavy atom. The Morgan fingerprint density at radius 2 is 1.95 bits per heavy atom. The van der Waals surface area contributed by atoms with E-state index in [2.05, 4.69) is 4.72 Å². The van der Waals surface area contributed by atoms with Crippen molar-refractivity contribution in [3.63, 3.8) is 0 Å².